The van der Waals surface area contributed by atoms with Crippen molar-refractivity contribution >= 4 is 5.91 Å². The van der Waals surface area contributed by atoms with Crippen LogP contribution in [0.25, 0.3) is 0 Å². The summed E-state index contributed by atoms with van der Waals surface area (Å²) in [6, 6.07) is 0.0381. The summed E-state index contributed by atoms with van der Waals surface area (Å²) < 4.78 is 0. The van der Waals surface area contributed by atoms with Crippen LogP contribution in [-0.4, -0.2) is 24.0 Å². The van der Waals surface area contributed by atoms with Crippen molar-refractivity contribution in [1.82, 2.24) is 10.6 Å². The molecule has 0 aromatic heterocycles. The lowest BCUT2D eigenvalue weighted by molar-refractivity contribution is -0.125. The molecule has 1 aliphatic heterocycles. The molecule has 1 aliphatic rings. The number of rotatable bonds is 4. The third kappa shape index (κ3) is 3.49. The molecule has 2 N–H and O–H groups in total. The minimum absolute atomic E-state index is 0.0315. The van der Waals surface area contributed by atoms with Crippen LogP contribution < -0.4 is 10.6 Å². The Morgan fingerprint density at radius 2 is 2.07 bits per heavy atom. The quantitative estimate of drug-likeness (QED) is 0.746. The van der Waals surface area contributed by atoms with E-state index in [1.165, 1.54) is 12.8 Å². The Kier molecular flexibility index (Phi) is 4.58. The molecule has 0 aliphatic carbocycles. The van der Waals surface area contributed by atoms with E-state index < -0.39 is 0 Å². The highest BCUT2D eigenvalue weighted by atomic mass is 16.2. The Bertz CT molecular complexity index is 206. The predicted octanol–water partition coefficient (Wildman–Crippen LogP) is 1.82. The molecule has 0 aromatic carbocycles. The van der Waals surface area contributed by atoms with Crippen LogP contribution in [0.2, 0.25) is 0 Å². The van der Waals surface area contributed by atoms with Gasteiger partial charge in [-0.25, -0.2) is 0 Å². The van der Waals surface area contributed by atoms with Crippen molar-refractivity contribution in [2.45, 2.75) is 64.5 Å². The lowest BCUT2D eigenvalue weighted by atomic mass is 9.94. The van der Waals surface area contributed by atoms with Gasteiger partial charge in [0, 0.05) is 5.54 Å². The van der Waals surface area contributed by atoms with E-state index in [0.29, 0.717) is 0 Å². The van der Waals surface area contributed by atoms with E-state index in [0.717, 1.165) is 25.8 Å². The first kappa shape index (κ1) is 12.5. The van der Waals surface area contributed by atoms with E-state index in [4.69, 9.17) is 0 Å². The fraction of sp³-hybridized carbons (Fsp3) is 0.917. The molecule has 1 fully saturated rings. The second-order valence-corrected chi connectivity index (χ2v) is 4.76. The van der Waals surface area contributed by atoms with Crippen molar-refractivity contribution in [3.8, 4) is 0 Å². The van der Waals surface area contributed by atoms with E-state index in [9.17, 15) is 4.79 Å². The zero-order valence-electron chi connectivity index (χ0n) is 10.2. The van der Waals surface area contributed by atoms with Gasteiger partial charge >= 0.3 is 0 Å². The fourth-order valence-corrected chi connectivity index (χ4v) is 1.89. The molecule has 0 bridgehead atoms. The number of carbonyl (C=O) groups excluding carboxylic acids is 1. The smallest absolute Gasteiger partial charge is 0.237 e. The van der Waals surface area contributed by atoms with Gasteiger partial charge in [0.2, 0.25) is 5.91 Å². The van der Waals surface area contributed by atoms with Crippen LogP contribution in [0.4, 0.5) is 0 Å². The summed E-state index contributed by atoms with van der Waals surface area (Å²) in [5.74, 6) is 0.181. The molecule has 1 heterocycles. The number of hydrogen-bond acceptors (Lipinski definition) is 2. The van der Waals surface area contributed by atoms with Crippen molar-refractivity contribution in [3.05, 3.63) is 0 Å². The minimum Gasteiger partial charge on any atom is -0.350 e. The number of hydrogen-bond donors (Lipinski definition) is 2. The summed E-state index contributed by atoms with van der Waals surface area (Å²) in [7, 11) is 0. The van der Waals surface area contributed by atoms with Gasteiger partial charge in [0.25, 0.3) is 0 Å². The van der Waals surface area contributed by atoms with Crippen molar-refractivity contribution in [3.63, 3.8) is 0 Å². The van der Waals surface area contributed by atoms with Crippen LogP contribution in [0.1, 0.15) is 52.9 Å². The zero-order valence-corrected chi connectivity index (χ0v) is 10.2. The molecule has 1 saturated heterocycles. The van der Waals surface area contributed by atoms with Gasteiger partial charge in [-0.1, -0.05) is 20.3 Å². The van der Waals surface area contributed by atoms with Gasteiger partial charge in [-0.2, -0.15) is 0 Å². The zero-order chi connectivity index (χ0) is 11.3. The summed E-state index contributed by atoms with van der Waals surface area (Å²) >= 11 is 0. The summed E-state index contributed by atoms with van der Waals surface area (Å²) in [5.41, 5.74) is -0.0315. The summed E-state index contributed by atoms with van der Waals surface area (Å²) in [5, 5.41) is 6.44. The lowest BCUT2D eigenvalue weighted by Crippen LogP contribution is -2.54. The number of amides is 1. The van der Waals surface area contributed by atoms with Crippen LogP contribution in [0.3, 0.4) is 0 Å². The van der Waals surface area contributed by atoms with Gasteiger partial charge in [-0.15, -0.1) is 0 Å². The molecule has 0 saturated carbocycles. The Hall–Kier alpha value is -0.570. The number of carbonyl (C=O) groups is 1. The van der Waals surface area contributed by atoms with Gasteiger partial charge < -0.3 is 10.6 Å². The number of nitrogens with one attached hydrogen (secondary N) is 2. The highest BCUT2D eigenvalue weighted by Crippen LogP contribution is 2.15. The minimum atomic E-state index is -0.0315. The molecular formula is C12H24N2O. The predicted molar refractivity (Wildman–Crippen MR) is 62.8 cm³/mol. The molecule has 3 heteroatoms. The fourth-order valence-electron chi connectivity index (χ4n) is 1.89. The molecule has 0 spiro atoms. The van der Waals surface area contributed by atoms with E-state index in [-0.39, 0.29) is 17.5 Å². The van der Waals surface area contributed by atoms with Crippen molar-refractivity contribution in [2.24, 2.45) is 0 Å². The molecule has 3 nitrogen and oxygen atoms in total. The van der Waals surface area contributed by atoms with Gasteiger partial charge in [-0.3, -0.25) is 4.79 Å². The van der Waals surface area contributed by atoms with Gasteiger partial charge in [0.05, 0.1) is 6.04 Å². The standard InChI is InChI=1S/C12H24N2O/c1-4-12(3,5-2)14-11(15)10-8-6-7-9-13-10/h10,13H,4-9H2,1-3H3,(H,14,15)/t10-/m1/s1. The molecule has 1 amide bonds. The number of piperidine rings is 1. The molecule has 88 valence electrons. The van der Waals surface area contributed by atoms with E-state index in [1.807, 2.05) is 0 Å². The highest BCUT2D eigenvalue weighted by molar-refractivity contribution is 5.82. The van der Waals surface area contributed by atoms with Crippen LogP contribution in [0, 0.1) is 0 Å². The molecular weight excluding hydrogens is 188 g/mol. The molecule has 1 rings (SSSR count). The van der Waals surface area contributed by atoms with Crippen molar-refractivity contribution in [1.29, 1.82) is 0 Å². The summed E-state index contributed by atoms with van der Waals surface area (Å²) in [4.78, 5) is 12.0. The first-order valence-corrected chi connectivity index (χ1v) is 6.16. The molecule has 15 heavy (non-hydrogen) atoms. The van der Waals surface area contributed by atoms with Crippen LogP contribution >= 0.6 is 0 Å². The first-order valence-electron chi connectivity index (χ1n) is 6.16. The summed E-state index contributed by atoms with van der Waals surface area (Å²) in [6.07, 6.45) is 5.32. The van der Waals surface area contributed by atoms with E-state index in [1.54, 1.807) is 0 Å². The third-order valence-electron chi connectivity index (χ3n) is 3.61. The second kappa shape index (κ2) is 5.50. The first-order chi connectivity index (χ1) is 7.11. The van der Waals surface area contributed by atoms with E-state index in [2.05, 4.69) is 31.4 Å². The van der Waals surface area contributed by atoms with Crippen LogP contribution in [0.5, 0.6) is 0 Å². The average molecular weight is 212 g/mol. The summed E-state index contributed by atoms with van der Waals surface area (Å²) in [6.45, 7) is 7.34. The topological polar surface area (TPSA) is 41.1 Å². The molecule has 0 unspecified atom stereocenters. The third-order valence-corrected chi connectivity index (χ3v) is 3.61. The van der Waals surface area contributed by atoms with Crippen LogP contribution in [0.15, 0.2) is 0 Å². The van der Waals surface area contributed by atoms with E-state index >= 15 is 0 Å². The molecule has 1 atom stereocenters. The maximum absolute atomic E-state index is 12.0. The second-order valence-electron chi connectivity index (χ2n) is 4.76. The average Bonchev–Trinajstić information content (AvgIpc) is 2.30. The SMILES string of the molecule is CCC(C)(CC)NC(=O)[C@H]1CCCCN1. The van der Waals surface area contributed by atoms with Gasteiger partial charge in [0.1, 0.15) is 0 Å². The maximum atomic E-state index is 12.0. The monoisotopic (exact) mass is 212 g/mol. The Labute approximate surface area is 93.0 Å². The molecule has 0 radical (unpaired) electrons. The van der Waals surface area contributed by atoms with Crippen LogP contribution in [-0.2, 0) is 4.79 Å². The van der Waals surface area contributed by atoms with Gasteiger partial charge in [-0.05, 0) is 39.2 Å². The largest absolute Gasteiger partial charge is 0.350 e. The van der Waals surface area contributed by atoms with Crippen molar-refractivity contribution in [2.75, 3.05) is 6.54 Å². The Balaban J connectivity index is 2.46. The highest BCUT2D eigenvalue weighted by Gasteiger charge is 2.27. The van der Waals surface area contributed by atoms with Gasteiger partial charge in [0.15, 0.2) is 0 Å². The normalized spacial score (nSPS) is 22.5. The molecule has 0 aromatic rings. The van der Waals surface area contributed by atoms with Crippen molar-refractivity contribution < 1.29 is 4.79 Å². The Morgan fingerprint density at radius 3 is 2.53 bits per heavy atom. The lowest BCUT2D eigenvalue weighted by Gasteiger charge is -2.32. The Morgan fingerprint density at radius 1 is 1.40 bits per heavy atom. The maximum Gasteiger partial charge on any atom is 0.237 e.